The number of carbonyl (C=O) groups excluding carboxylic acids is 3. The minimum atomic E-state index is -5.45. The van der Waals surface area contributed by atoms with E-state index in [4.69, 9.17) is 14.2 Å². The van der Waals surface area contributed by atoms with Crippen LogP contribution < -0.4 is 16.0 Å². The molecule has 1 saturated heterocycles. The summed E-state index contributed by atoms with van der Waals surface area (Å²) in [5.41, 5.74) is 1.61. The van der Waals surface area contributed by atoms with Gasteiger partial charge in [-0.3, -0.25) is 4.79 Å². The van der Waals surface area contributed by atoms with Crippen LogP contribution in [0.1, 0.15) is 76.0 Å². The standard InChI is InChI=1S/C37H50F5N3O8S/c1-4-8-30(9-5-2)54(49,50)23-32(45-36(48)52-29-12-14-51-15-13-29)34(46)44-31(19-26-17-27(38)20-28(39)18-26)33(53-35(47)37(40,41)42)22-43-21-25-11-7-10-24(6-3)16-25/h7,10-11,16-18,20,29-33,43H,4-6,8-9,12-15,19,21-23H2,1-3H3,(H,44,46)(H,45,48)/t31-,32?,33+/m0/s1. The molecule has 1 heterocycles. The quantitative estimate of drug-likeness (QED) is 0.117. The number of amides is 2. The van der Waals surface area contributed by atoms with Crippen LogP contribution >= 0.6 is 0 Å². The van der Waals surface area contributed by atoms with Crippen molar-refractivity contribution in [3.63, 3.8) is 0 Å². The van der Waals surface area contributed by atoms with Gasteiger partial charge in [-0.15, -0.1) is 0 Å². The van der Waals surface area contributed by atoms with Gasteiger partial charge in [-0.05, 0) is 54.5 Å². The van der Waals surface area contributed by atoms with Crippen LogP contribution in [0.2, 0.25) is 0 Å². The molecule has 17 heteroatoms. The number of alkyl carbamates (subject to hydrolysis) is 1. The Bertz CT molecular complexity index is 1610. The first-order chi connectivity index (χ1) is 25.5. The lowest BCUT2D eigenvalue weighted by molar-refractivity contribution is -0.206. The smallest absolute Gasteiger partial charge is 0.452 e. The Morgan fingerprint density at radius 2 is 1.54 bits per heavy atom. The van der Waals surface area contributed by atoms with E-state index in [9.17, 15) is 44.8 Å². The fraction of sp³-hybridized carbons (Fsp3) is 0.595. The molecule has 3 atom stereocenters. The van der Waals surface area contributed by atoms with Gasteiger partial charge in [0.25, 0.3) is 0 Å². The fourth-order valence-corrected chi connectivity index (χ4v) is 8.31. The second kappa shape index (κ2) is 21.3. The van der Waals surface area contributed by atoms with Crippen molar-refractivity contribution in [2.45, 2.75) is 114 Å². The highest BCUT2D eigenvalue weighted by atomic mass is 32.2. The molecule has 2 aromatic carbocycles. The van der Waals surface area contributed by atoms with Crippen molar-refractivity contribution in [2.75, 3.05) is 25.5 Å². The molecular weight excluding hydrogens is 741 g/mol. The third-order valence-electron chi connectivity index (χ3n) is 8.90. The summed E-state index contributed by atoms with van der Waals surface area (Å²) in [5, 5.41) is 6.81. The minimum absolute atomic E-state index is 0.0971. The maximum atomic E-state index is 14.3. The third-order valence-corrected chi connectivity index (χ3v) is 11.2. The van der Waals surface area contributed by atoms with Crippen LogP contribution in [0.5, 0.6) is 0 Å². The molecule has 0 radical (unpaired) electrons. The lowest BCUT2D eigenvalue weighted by Gasteiger charge is -2.31. The van der Waals surface area contributed by atoms with E-state index in [-0.39, 0.29) is 24.9 Å². The SMILES string of the molecule is CCCC(CCC)S(=O)(=O)CC(NC(=O)OC1CCOCC1)C(=O)N[C@@H](Cc1cc(F)cc(F)c1)[C@@H](CNCc1cccc(CC)c1)OC(=O)C(F)(F)F. The van der Waals surface area contributed by atoms with Crippen LogP contribution in [0.25, 0.3) is 0 Å². The van der Waals surface area contributed by atoms with Gasteiger partial charge >= 0.3 is 18.2 Å². The van der Waals surface area contributed by atoms with Crippen molar-refractivity contribution in [2.24, 2.45) is 0 Å². The average Bonchev–Trinajstić information content (AvgIpc) is 3.10. The van der Waals surface area contributed by atoms with Crippen molar-refractivity contribution in [1.29, 1.82) is 0 Å². The van der Waals surface area contributed by atoms with Crippen molar-refractivity contribution in [3.05, 3.63) is 70.8 Å². The maximum Gasteiger partial charge on any atom is 0.490 e. The zero-order valence-electron chi connectivity index (χ0n) is 30.7. The summed E-state index contributed by atoms with van der Waals surface area (Å²) in [6.45, 7) is 5.76. The van der Waals surface area contributed by atoms with Crippen molar-refractivity contribution < 1.29 is 59.0 Å². The average molecular weight is 792 g/mol. The summed E-state index contributed by atoms with van der Waals surface area (Å²) in [4.78, 5) is 39.4. The van der Waals surface area contributed by atoms with E-state index in [1.165, 1.54) is 0 Å². The molecule has 0 aromatic heterocycles. The molecule has 11 nitrogen and oxygen atoms in total. The lowest BCUT2D eigenvalue weighted by atomic mass is 9.99. The Balaban J connectivity index is 2.01. The van der Waals surface area contributed by atoms with Gasteiger partial charge < -0.3 is 30.2 Å². The van der Waals surface area contributed by atoms with Crippen LogP contribution in [0.4, 0.5) is 26.7 Å². The molecule has 0 bridgehead atoms. The first-order valence-electron chi connectivity index (χ1n) is 18.1. The number of rotatable bonds is 20. The molecule has 0 spiro atoms. The van der Waals surface area contributed by atoms with E-state index in [0.717, 1.165) is 23.3 Å². The zero-order valence-corrected chi connectivity index (χ0v) is 31.5. The summed E-state index contributed by atoms with van der Waals surface area (Å²) >= 11 is 0. The molecule has 3 rings (SSSR count). The molecule has 1 fully saturated rings. The molecule has 1 aliphatic rings. The topological polar surface area (TPSA) is 149 Å². The van der Waals surface area contributed by atoms with Crippen LogP contribution in [0, 0.1) is 11.6 Å². The number of ether oxygens (including phenoxy) is 3. The maximum absolute atomic E-state index is 14.3. The van der Waals surface area contributed by atoms with E-state index < -0.39 is 93.9 Å². The number of benzene rings is 2. The van der Waals surface area contributed by atoms with Gasteiger partial charge in [0.15, 0.2) is 9.84 Å². The highest BCUT2D eigenvalue weighted by molar-refractivity contribution is 7.92. The number of sulfone groups is 1. The van der Waals surface area contributed by atoms with E-state index in [1.807, 2.05) is 19.1 Å². The molecule has 0 aliphatic carbocycles. The van der Waals surface area contributed by atoms with Crippen LogP contribution in [-0.2, 0) is 53.0 Å². The highest BCUT2D eigenvalue weighted by Gasteiger charge is 2.44. The van der Waals surface area contributed by atoms with Gasteiger partial charge in [-0.25, -0.2) is 26.8 Å². The van der Waals surface area contributed by atoms with Crippen LogP contribution in [0.3, 0.4) is 0 Å². The van der Waals surface area contributed by atoms with Crippen molar-refractivity contribution in [1.82, 2.24) is 16.0 Å². The lowest BCUT2D eigenvalue weighted by Crippen LogP contribution is -2.58. The van der Waals surface area contributed by atoms with E-state index in [1.54, 1.807) is 26.0 Å². The molecule has 54 heavy (non-hydrogen) atoms. The van der Waals surface area contributed by atoms with Crippen molar-refractivity contribution >= 4 is 27.8 Å². The van der Waals surface area contributed by atoms with Gasteiger partial charge in [0.05, 0.1) is 30.3 Å². The second-order valence-corrected chi connectivity index (χ2v) is 15.6. The minimum Gasteiger partial charge on any atom is -0.452 e. The first-order valence-corrected chi connectivity index (χ1v) is 19.8. The Hall–Kier alpha value is -3.83. The van der Waals surface area contributed by atoms with E-state index in [2.05, 4.69) is 16.0 Å². The summed E-state index contributed by atoms with van der Waals surface area (Å²) in [6.07, 6.45) is -6.55. The first kappa shape index (κ1) is 44.6. The zero-order chi connectivity index (χ0) is 39.9. The molecule has 1 aliphatic heterocycles. The summed E-state index contributed by atoms with van der Waals surface area (Å²) in [5.74, 6) is -6.70. The number of esters is 1. The molecule has 2 amide bonds. The van der Waals surface area contributed by atoms with Gasteiger partial charge in [-0.2, -0.15) is 13.2 Å². The highest BCUT2D eigenvalue weighted by Crippen LogP contribution is 2.22. The van der Waals surface area contributed by atoms with E-state index >= 15 is 0 Å². The molecule has 302 valence electrons. The number of nitrogens with one attached hydrogen (secondary N) is 3. The Morgan fingerprint density at radius 1 is 0.907 bits per heavy atom. The Labute approximate surface area is 313 Å². The van der Waals surface area contributed by atoms with Crippen molar-refractivity contribution in [3.8, 4) is 0 Å². The number of halogens is 5. The molecular formula is C37H50F5N3O8S. The number of aryl methyl sites for hydroxylation is 1. The summed E-state index contributed by atoms with van der Waals surface area (Å²) in [7, 11) is -4.08. The van der Waals surface area contributed by atoms with Crippen LogP contribution in [-0.4, -0.2) is 87.6 Å². The second-order valence-electron chi connectivity index (χ2n) is 13.3. The number of hydrogen-bond acceptors (Lipinski definition) is 9. The molecule has 2 aromatic rings. The van der Waals surface area contributed by atoms with Gasteiger partial charge in [-0.1, -0.05) is 57.9 Å². The monoisotopic (exact) mass is 791 g/mol. The molecule has 0 saturated carbocycles. The summed E-state index contributed by atoms with van der Waals surface area (Å²) in [6, 6.07) is 6.20. The van der Waals surface area contributed by atoms with Crippen LogP contribution in [0.15, 0.2) is 42.5 Å². The van der Waals surface area contributed by atoms with E-state index in [0.29, 0.717) is 51.4 Å². The predicted octanol–water partition coefficient (Wildman–Crippen LogP) is 5.48. The molecule has 3 N–H and O–H groups in total. The largest absolute Gasteiger partial charge is 0.490 e. The van der Waals surface area contributed by atoms with Gasteiger partial charge in [0, 0.05) is 32.0 Å². The normalized spacial score (nSPS) is 15.6. The number of alkyl halides is 3. The predicted molar refractivity (Wildman–Crippen MR) is 190 cm³/mol. The molecule has 1 unspecified atom stereocenters. The van der Waals surface area contributed by atoms with Gasteiger partial charge in [0.1, 0.15) is 29.9 Å². The fourth-order valence-electron chi connectivity index (χ4n) is 6.15. The Morgan fingerprint density at radius 3 is 2.13 bits per heavy atom. The third kappa shape index (κ3) is 14.8. The Kier molecular flexibility index (Phi) is 17.6. The number of carbonyl (C=O) groups is 3. The van der Waals surface area contributed by atoms with Gasteiger partial charge in [0.2, 0.25) is 5.91 Å². The number of hydrogen-bond donors (Lipinski definition) is 3. The summed E-state index contributed by atoms with van der Waals surface area (Å²) < 4.78 is 112.